The molecule has 0 saturated carbocycles. The maximum atomic E-state index is 10.1. The maximum absolute atomic E-state index is 10.1. The Bertz CT molecular complexity index is 107. The van der Waals surface area contributed by atoms with Crippen LogP contribution in [0, 0.1) is 0 Å². The summed E-state index contributed by atoms with van der Waals surface area (Å²) in [6.07, 6.45) is 6.50. The van der Waals surface area contributed by atoms with Gasteiger partial charge in [-0.25, -0.2) is 0 Å². The Hall–Kier alpha value is -0.850. The molecule has 0 spiro atoms. The molecule has 1 aliphatic rings. The zero-order valence-electron chi connectivity index (χ0n) is 7.22. The van der Waals surface area contributed by atoms with Crippen molar-refractivity contribution in [2.75, 3.05) is 0 Å². The molecule has 1 heteroatoms. The van der Waals surface area contributed by atoms with Crippen LogP contribution in [0.5, 0.6) is 0 Å². The van der Waals surface area contributed by atoms with Crippen LogP contribution in [-0.2, 0) is 4.79 Å². The number of hydrogen-bond donors (Lipinski definition) is 0. The summed E-state index contributed by atoms with van der Waals surface area (Å²) in [4.78, 5) is 10.1. The Morgan fingerprint density at radius 1 is 0.900 bits per heavy atom. The second kappa shape index (κ2) is 11.0. The number of carbonyl (C=O) groups is 1. The standard InChI is InChI=1S/C5H4O.2C2H6/c6-5-3-1-2-4-5;2*1-2/h1-4H;2*1-2H3. The van der Waals surface area contributed by atoms with E-state index in [9.17, 15) is 4.79 Å². The van der Waals surface area contributed by atoms with Crippen LogP contribution >= 0.6 is 0 Å². The maximum Gasteiger partial charge on any atom is 0.178 e. The first kappa shape index (κ1) is 11.9. The molecule has 0 aromatic rings. The van der Waals surface area contributed by atoms with Crippen molar-refractivity contribution in [3.8, 4) is 0 Å². The molecule has 0 aromatic carbocycles. The van der Waals surface area contributed by atoms with Gasteiger partial charge in [-0.1, -0.05) is 39.8 Å². The van der Waals surface area contributed by atoms with Crippen molar-refractivity contribution in [3.05, 3.63) is 24.3 Å². The summed E-state index contributed by atoms with van der Waals surface area (Å²) >= 11 is 0. The molecule has 0 fully saturated rings. The van der Waals surface area contributed by atoms with E-state index in [0.717, 1.165) is 0 Å². The lowest BCUT2D eigenvalue weighted by molar-refractivity contribution is -0.110. The van der Waals surface area contributed by atoms with E-state index in [4.69, 9.17) is 0 Å². The van der Waals surface area contributed by atoms with E-state index in [2.05, 4.69) is 0 Å². The van der Waals surface area contributed by atoms with Crippen LogP contribution < -0.4 is 0 Å². The molecule has 0 aromatic heterocycles. The molecule has 0 N–H and O–H groups in total. The number of ketones is 1. The van der Waals surface area contributed by atoms with Crippen LogP contribution in [-0.4, -0.2) is 5.78 Å². The van der Waals surface area contributed by atoms with Gasteiger partial charge in [-0.3, -0.25) is 4.79 Å². The monoisotopic (exact) mass is 140 g/mol. The summed E-state index contributed by atoms with van der Waals surface area (Å²) in [6.45, 7) is 8.00. The highest BCUT2D eigenvalue weighted by Crippen LogP contribution is 1.89. The summed E-state index contributed by atoms with van der Waals surface area (Å²) in [5, 5.41) is 0. The van der Waals surface area contributed by atoms with Crippen LogP contribution in [0.15, 0.2) is 24.3 Å². The highest BCUT2D eigenvalue weighted by Gasteiger charge is 1.88. The SMILES string of the molecule is CC.CC.O=C1C=CC=C1. The van der Waals surface area contributed by atoms with Crippen molar-refractivity contribution < 1.29 is 4.79 Å². The quantitative estimate of drug-likeness (QED) is 0.505. The summed E-state index contributed by atoms with van der Waals surface area (Å²) < 4.78 is 0. The number of hydrogen-bond acceptors (Lipinski definition) is 1. The van der Waals surface area contributed by atoms with Gasteiger partial charge in [-0.2, -0.15) is 0 Å². The third-order valence-corrected chi connectivity index (χ3v) is 0.632. The molecule has 10 heavy (non-hydrogen) atoms. The molecule has 0 aliphatic heterocycles. The molecule has 58 valence electrons. The van der Waals surface area contributed by atoms with Crippen molar-refractivity contribution in [1.82, 2.24) is 0 Å². The zero-order chi connectivity index (χ0) is 8.41. The molecular formula is C9H16O. The Morgan fingerprint density at radius 3 is 1.30 bits per heavy atom. The average Bonchev–Trinajstić information content (AvgIpc) is 2.48. The predicted octanol–water partition coefficient (Wildman–Crippen LogP) is 2.73. The summed E-state index contributed by atoms with van der Waals surface area (Å²) in [5.41, 5.74) is 0. The highest BCUT2D eigenvalue weighted by atomic mass is 16.1. The molecule has 0 atom stereocenters. The molecule has 0 unspecified atom stereocenters. The second-order valence-electron chi connectivity index (χ2n) is 1.12. The lowest BCUT2D eigenvalue weighted by Crippen LogP contribution is -1.75. The fourth-order valence-corrected chi connectivity index (χ4v) is 0.356. The number of carbonyl (C=O) groups excluding carboxylic acids is 1. The van der Waals surface area contributed by atoms with Gasteiger partial charge in [0.1, 0.15) is 0 Å². The summed E-state index contributed by atoms with van der Waals surface area (Å²) in [6, 6.07) is 0. The Kier molecular flexibility index (Phi) is 13.1. The van der Waals surface area contributed by atoms with E-state index in [1.807, 2.05) is 27.7 Å². The third-order valence-electron chi connectivity index (χ3n) is 0.632. The fraction of sp³-hybridized carbons (Fsp3) is 0.444. The van der Waals surface area contributed by atoms with Gasteiger partial charge in [-0.15, -0.1) is 0 Å². The molecule has 0 amide bonds. The van der Waals surface area contributed by atoms with E-state index in [-0.39, 0.29) is 5.78 Å². The second-order valence-corrected chi connectivity index (χ2v) is 1.12. The third kappa shape index (κ3) is 7.15. The van der Waals surface area contributed by atoms with E-state index < -0.39 is 0 Å². The minimum Gasteiger partial charge on any atom is -0.290 e. The normalized spacial score (nSPS) is 11.4. The Labute approximate surface area is 63.4 Å². The predicted molar refractivity (Wildman–Crippen MR) is 46.0 cm³/mol. The first-order chi connectivity index (χ1) is 4.89. The van der Waals surface area contributed by atoms with Gasteiger partial charge in [0.15, 0.2) is 5.78 Å². The van der Waals surface area contributed by atoms with Crippen LogP contribution in [0.25, 0.3) is 0 Å². The summed E-state index contributed by atoms with van der Waals surface area (Å²) in [5.74, 6) is 0.0926. The first-order valence-electron chi connectivity index (χ1n) is 3.78. The molecule has 1 aliphatic carbocycles. The van der Waals surface area contributed by atoms with Gasteiger partial charge in [-0.05, 0) is 12.2 Å². The minimum absolute atomic E-state index is 0.0926. The van der Waals surface area contributed by atoms with Crippen LogP contribution in [0.1, 0.15) is 27.7 Å². The van der Waals surface area contributed by atoms with Crippen molar-refractivity contribution in [2.45, 2.75) is 27.7 Å². The van der Waals surface area contributed by atoms with E-state index >= 15 is 0 Å². The molecule has 0 saturated heterocycles. The van der Waals surface area contributed by atoms with Crippen LogP contribution in [0.3, 0.4) is 0 Å². The molecule has 1 nitrogen and oxygen atoms in total. The summed E-state index contributed by atoms with van der Waals surface area (Å²) in [7, 11) is 0. The fourth-order valence-electron chi connectivity index (χ4n) is 0.356. The van der Waals surface area contributed by atoms with Crippen molar-refractivity contribution in [2.24, 2.45) is 0 Å². The minimum atomic E-state index is 0.0926. The van der Waals surface area contributed by atoms with Crippen LogP contribution in [0.4, 0.5) is 0 Å². The van der Waals surface area contributed by atoms with E-state index in [1.165, 1.54) is 12.2 Å². The average molecular weight is 140 g/mol. The molecule has 0 radical (unpaired) electrons. The van der Waals surface area contributed by atoms with Gasteiger partial charge in [0.2, 0.25) is 0 Å². The number of allylic oxidation sites excluding steroid dienone is 4. The van der Waals surface area contributed by atoms with E-state index in [1.54, 1.807) is 12.2 Å². The van der Waals surface area contributed by atoms with Gasteiger partial charge in [0.05, 0.1) is 0 Å². The van der Waals surface area contributed by atoms with Gasteiger partial charge in [0, 0.05) is 0 Å². The van der Waals surface area contributed by atoms with E-state index in [0.29, 0.717) is 0 Å². The first-order valence-corrected chi connectivity index (χ1v) is 3.78. The molecule has 1 rings (SSSR count). The van der Waals surface area contributed by atoms with Gasteiger partial charge in [0.25, 0.3) is 0 Å². The van der Waals surface area contributed by atoms with Crippen molar-refractivity contribution in [1.29, 1.82) is 0 Å². The molecule has 0 bridgehead atoms. The van der Waals surface area contributed by atoms with Gasteiger partial charge >= 0.3 is 0 Å². The van der Waals surface area contributed by atoms with Crippen LogP contribution in [0.2, 0.25) is 0 Å². The Balaban J connectivity index is 0. The smallest absolute Gasteiger partial charge is 0.178 e. The highest BCUT2D eigenvalue weighted by molar-refractivity contribution is 6.01. The number of rotatable bonds is 0. The lowest BCUT2D eigenvalue weighted by Gasteiger charge is -1.62. The zero-order valence-corrected chi connectivity index (χ0v) is 7.22. The topological polar surface area (TPSA) is 17.1 Å². The van der Waals surface area contributed by atoms with Crippen molar-refractivity contribution in [3.63, 3.8) is 0 Å². The largest absolute Gasteiger partial charge is 0.290 e. The molecule has 0 heterocycles. The Morgan fingerprint density at radius 2 is 1.20 bits per heavy atom. The van der Waals surface area contributed by atoms with Gasteiger partial charge < -0.3 is 0 Å². The van der Waals surface area contributed by atoms with Crippen molar-refractivity contribution >= 4 is 5.78 Å². The molecular weight excluding hydrogens is 124 g/mol. The lowest BCUT2D eigenvalue weighted by atomic mass is 10.5.